The summed E-state index contributed by atoms with van der Waals surface area (Å²) in [5, 5.41) is 11.1. The second-order valence-electron chi connectivity index (χ2n) is 11.0. The predicted octanol–water partition coefficient (Wildman–Crippen LogP) is 7.41. The molecule has 0 amide bonds. The van der Waals surface area contributed by atoms with Crippen molar-refractivity contribution in [3.05, 3.63) is 35.1 Å². The highest BCUT2D eigenvalue weighted by Crippen LogP contribution is 2.42. The fourth-order valence-electron chi connectivity index (χ4n) is 4.81. The summed E-state index contributed by atoms with van der Waals surface area (Å²) in [6.07, 6.45) is 3.67. The van der Waals surface area contributed by atoms with Crippen LogP contribution in [0.15, 0.2) is 24.5 Å². The molecule has 3 rings (SSSR count). The molecule has 2 aromatic rings. The smallest absolute Gasteiger partial charge is 0.310 e. The lowest BCUT2D eigenvalue weighted by molar-refractivity contribution is -0.156. The maximum absolute atomic E-state index is 12.4. The van der Waals surface area contributed by atoms with Crippen molar-refractivity contribution in [2.45, 2.75) is 80.7 Å². The average Bonchev–Trinajstić information content (AvgIpc) is 3.26. The van der Waals surface area contributed by atoms with E-state index in [9.17, 15) is 18.7 Å². The number of carboxylic acids is 1. The maximum Gasteiger partial charge on any atom is 0.310 e. The summed E-state index contributed by atoms with van der Waals surface area (Å²) in [5.74, 6) is 0.158. The van der Waals surface area contributed by atoms with E-state index in [-0.39, 0.29) is 0 Å². The van der Waals surface area contributed by atoms with Crippen molar-refractivity contribution in [3.63, 3.8) is 0 Å². The minimum Gasteiger partial charge on any atom is -0.481 e. The van der Waals surface area contributed by atoms with E-state index in [0.29, 0.717) is 30.7 Å². The molecule has 1 fully saturated rings. The number of carboxylic acid groups (broad SMARTS) is 1. The number of rotatable bonds is 9. The number of carbonyl (C=O) groups is 1. The molecule has 0 saturated carbocycles. The van der Waals surface area contributed by atoms with E-state index in [1.165, 1.54) is 4.88 Å². The maximum atomic E-state index is 12.4. The van der Waals surface area contributed by atoms with Gasteiger partial charge in [0.05, 0.1) is 5.41 Å². The number of alkyl halides is 2. The third kappa shape index (κ3) is 8.30. The zero-order valence-electron chi connectivity index (χ0n) is 22.8. The zero-order chi connectivity index (χ0) is 27.0. The highest BCUT2D eigenvalue weighted by molar-refractivity contribution is 7.15. The van der Waals surface area contributed by atoms with E-state index < -0.39 is 23.7 Å². The SMILES string of the molecule is CCC(C)C(F)F.Cc1ncccc1-c1ncc(CN2CC(C(C)C)CC(CC(C)C)(C(=O)O)C2)s1. The number of halogens is 2. The first-order valence-electron chi connectivity index (χ1n) is 13.0. The van der Waals surface area contributed by atoms with Crippen LogP contribution in [0.4, 0.5) is 8.78 Å². The van der Waals surface area contributed by atoms with E-state index in [0.717, 1.165) is 42.2 Å². The molecular formula is C28H43F2N3O2S. The molecule has 0 radical (unpaired) electrons. The van der Waals surface area contributed by atoms with Gasteiger partial charge < -0.3 is 5.11 Å². The third-order valence-electron chi connectivity index (χ3n) is 7.11. The molecule has 0 bridgehead atoms. The van der Waals surface area contributed by atoms with Crippen molar-refractivity contribution in [3.8, 4) is 10.6 Å². The molecule has 3 unspecified atom stereocenters. The van der Waals surface area contributed by atoms with Gasteiger partial charge in [-0.15, -0.1) is 11.3 Å². The van der Waals surface area contributed by atoms with E-state index >= 15 is 0 Å². The first-order valence-corrected chi connectivity index (χ1v) is 13.8. The van der Waals surface area contributed by atoms with Gasteiger partial charge in [0.25, 0.3) is 0 Å². The molecule has 3 atom stereocenters. The van der Waals surface area contributed by atoms with Crippen molar-refractivity contribution >= 4 is 17.3 Å². The standard InChI is InChI=1S/C23H33N3O2S.C5H10F2/c1-15(2)9-23(22(27)28)10-18(16(3)4)12-26(14-23)13-19-11-25-21(29-19)20-7-6-8-24-17(20)5;1-3-4(2)5(6)7/h6-8,11,15-16,18H,9-10,12-14H2,1-5H3,(H,27,28);4-5H,3H2,1-2H3. The van der Waals surface area contributed by atoms with Crippen molar-refractivity contribution in [2.75, 3.05) is 13.1 Å². The Hall–Kier alpha value is -1.93. The number of aromatic nitrogens is 2. The topological polar surface area (TPSA) is 66.3 Å². The summed E-state index contributed by atoms with van der Waals surface area (Å²) in [6, 6.07) is 3.99. The second-order valence-corrected chi connectivity index (χ2v) is 12.2. The molecule has 1 aliphatic rings. The van der Waals surface area contributed by atoms with E-state index in [2.05, 4.69) is 48.6 Å². The number of thiazole rings is 1. The largest absolute Gasteiger partial charge is 0.481 e. The number of piperidine rings is 1. The van der Waals surface area contributed by atoms with Gasteiger partial charge in [0.2, 0.25) is 6.43 Å². The van der Waals surface area contributed by atoms with Crippen LogP contribution in [0.25, 0.3) is 10.6 Å². The summed E-state index contributed by atoms with van der Waals surface area (Å²) in [5.41, 5.74) is 1.39. The monoisotopic (exact) mass is 523 g/mol. The molecule has 0 aliphatic carbocycles. The Morgan fingerprint density at radius 2 is 1.94 bits per heavy atom. The van der Waals surface area contributed by atoms with Crippen LogP contribution in [-0.4, -0.2) is 45.5 Å². The normalized spacial score (nSPS) is 21.5. The molecule has 2 aromatic heterocycles. The molecule has 0 aromatic carbocycles. The molecule has 36 heavy (non-hydrogen) atoms. The number of nitrogens with zero attached hydrogens (tertiary/aromatic N) is 3. The third-order valence-corrected chi connectivity index (χ3v) is 8.13. The lowest BCUT2D eigenvalue weighted by Gasteiger charge is -2.46. The molecule has 0 spiro atoms. The number of aliphatic carboxylic acids is 1. The van der Waals surface area contributed by atoms with Gasteiger partial charge in [-0.05, 0) is 56.1 Å². The van der Waals surface area contributed by atoms with Crippen LogP contribution in [0.2, 0.25) is 0 Å². The van der Waals surface area contributed by atoms with Crippen LogP contribution in [0.3, 0.4) is 0 Å². The molecule has 3 heterocycles. The fraction of sp³-hybridized carbons (Fsp3) is 0.679. The molecule has 202 valence electrons. The van der Waals surface area contributed by atoms with Crippen molar-refractivity contribution in [2.24, 2.45) is 29.1 Å². The average molecular weight is 524 g/mol. The van der Waals surface area contributed by atoms with Gasteiger partial charge in [0.15, 0.2) is 0 Å². The van der Waals surface area contributed by atoms with E-state index in [1.54, 1.807) is 31.4 Å². The van der Waals surface area contributed by atoms with Gasteiger partial charge in [0.1, 0.15) is 5.01 Å². The minimum absolute atomic E-state index is 0.363. The summed E-state index contributed by atoms with van der Waals surface area (Å²) in [4.78, 5) is 24.9. The Kier molecular flexibility index (Phi) is 11.4. The van der Waals surface area contributed by atoms with Crippen molar-refractivity contribution in [1.29, 1.82) is 0 Å². The van der Waals surface area contributed by atoms with Gasteiger partial charge >= 0.3 is 5.97 Å². The minimum atomic E-state index is -2.13. The van der Waals surface area contributed by atoms with Gasteiger partial charge in [-0.2, -0.15) is 0 Å². The Morgan fingerprint density at radius 3 is 2.44 bits per heavy atom. The first-order chi connectivity index (χ1) is 16.9. The number of aryl methyl sites for hydroxylation is 1. The second kappa shape index (κ2) is 13.6. The molecule has 1 N–H and O–H groups in total. The lowest BCUT2D eigenvalue weighted by atomic mass is 9.68. The fourth-order valence-corrected chi connectivity index (χ4v) is 5.84. The molecule has 5 nitrogen and oxygen atoms in total. The Balaban J connectivity index is 0.000000572. The lowest BCUT2D eigenvalue weighted by Crippen LogP contribution is -2.52. The Bertz CT molecular complexity index is 966. The quantitative estimate of drug-likeness (QED) is 0.371. The summed E-state index contributed by atoms with van der Waals surface area (Å²) >= 11 is 1.69. The highest BCUT2D eigenvalue weighted by Gasteiger charge is 2.46. The summed E-state index contributed by atoms with van der Waals surface area (Å²) in [7, 11) is 0. The van der Waals surface area contributed by atoms with Gasteiger partial charge in [-0.3, -0.25) is 14.7 Å². The van der Waals surface area contributed by atoms with E-state index in [1.807, 2.05) is 19.2 Å². The van der Waals surface area contributed by atoms with Crippen LogP contribution >= 0.6 is 11.3 Å². The van der Waals surface area contributed by atoms with Crippen LogP contribution in [-0.2, 0) is 11.3 Å². The zero-order valence-corrected chi connectivity index (χ0v) is 23.6. The van der Waals surface area contributed by atoms with Crippen molar-refractivity contribution in [1.82, 2.24) is 14.9 Å². The van der Waals surface area contributed by atoms with Gasteiger partial charge in [-0.1, -0.05) is 41.5 Å². The Morgan fingerprint density at radius 1 is 1.25 bits per heavy atom. The van der Waals surface area contributed by atoms with E-state index in [4.69, 9.17) is 0 Å². The first kappa shape index (κ1) is 30.3. The molecular weight excluding hydrogens is 480 g/mol. The van der Waals surface area contributed by atoms with Crippen molar-refractivity contribution < 1.29 is 18.7 Å². The van der Waals surface area contributed by atoms with Crippen LogP contribution in [0.1, 0.15) is 71.4 Å². The molecule has 1 saturated heterocycles. The summed E-state index contributed by atoms with van der Waals surface area (Å²) in [6.45, 7) is 16.3. The van der Waals surface area contributed by atoms with Gasteiger partial charge in [-0.25, -0.2) is 13.8 Å². The highest BCUT2D eigenvalue weighted by atomic mass is 32.1. The number of hydrogen-bond donors (Lipinski definition) is 1. The summed E-state index contributed by atoms with van der Waals surface area (Å²) < 4.78 is 22.9. The van der Waals surface area contributed by atoms with Crippen LogP contribution in [0, 0.1) is 36.0 Å². The number of pyridine rings is 1. The molecule has 8 heteroatoms. The predicted molar refractivity (Wildman–Crippen MR) is 143 cm³/mol. The molecule has 1 aliphatic heterocycles. The number of likely N-dealkylation sites (tertiary alicyclic amines) is 1. The van der Waals surface area contributed by atoms with Crippen LogP contribution in [0.5, 0.6) is 0 Å². The van der Waals surface area contributed by atoms with Gasteiger partial charge in [0, 0.05) is 54.1 Å². The van der Waals surface area contributed by atoms with Crippen LogP contribution < -0.4 is 0 Å². The number of hydrogen-bond acceptors (Lipinski definition) is 5. The Labute approximate surface area is 219 Å².